The normalized spacial score (nSPS) is 22.7. The van der Waals surface area contributed by atoms with Crippen LogP contribution in [0.25, 0.3) is 10.9 Å². The lowest BCUT2D eigenvalue weighted by Crippen LogP contribution is -2.27. The number of nitrogens with zero attached hydrogens (tertiary/aromatic N) is 2. The molecule has 1 aliphatic carbocycles. The van der Waals surface area contributed by atoms with Gasteiger partial charge in [-0.05, 0) is 31.4 Å². The number of ether oxygens (including phenoxy) is 1. The maximum absolute atomic E-state index is 12.8. The molecule has 0 bridgehead atoms. The molecule has 1 N–H and O–H groups in total. The molecule has 0 radical (unpaired) electrons. The Morgan fingerprint density at radius 3 is 2.87 bits per heavy atom. The third-order valence-corrected chi connectivity index (χ3v) is 5.16. The average Bonchev–Trinajstić information content (AvgIpc) is 3.18. The predicted molar refractivity (Wildman–Crippen MR) is 84.3 cm³/mol. The first-order chi connectivity index (χ1) is 11.1. The van der Waals surface area contributed by atoms with E-state index < -0.39 is 5.56 Å². The number of nitriles is 1. The van der Waals surface area contributed by atoms with E-state index in [1.807, 2.05) is 6.07 Å². The number of hydrogen-bond donors (Lipinski definition) is 1. The first-order valence-electron chi connectivity index (χ1n) is 7.94. The molecule has 1 unspecified atom stereocenters. The van der Waals surface area contributed by atoms with Gasteiger partial charge in [0.05, 0.1) is 29.2 Å². The number of rotatable bonds is 1. The van der Waals surface area contributed by atoms with Gasteiger partial charge in [-0.1, -0.05) is 12.8 Å². The van der Waals surface area contributed by atoms with E-state index in [-0.39, 0.29) is 22.8 Å². The van der Waals surface area contributed by atoms with Crippen molar-refractivity contribution < 1.29 is 4.74 Å². The number of hydrogen-bond acceptors (Lipinski definition) is 4. The second kappa shape index (κ2) is 5.07. The fourth-order valence-corrected chi connectivity index (χ4v) is 3.95. The fourth-order valence-electron chi connectivity index (χ4n) is 3.95. The second-order valence-corrected chi connectivity index (χ2v) is 6.54. The Balaban J connectivity index is 1.78. The standard InChI is InChI=1S/C17H17N3O3/c18-9-11-7-13-14(19-15(11)21)3-6-20(16(13)22)12-8-17(23-10-12)4-1-2-5-17/h3,6-7,12H,1-2,4-5,8,10H2,(H,19,21). The van der Waals surface area contributed by atoms with Crippen molar-refractivity contribution >= 4 is 10.9 Å². The maximum Gasteiger partial charge on any atom is 0.266 e. The van der Waals surface area contributed by atoms with Gasteiger partial charge in [-0.15, -0.1) is 0 Å². The molecule has 1 aliphatic heterocycles. The quantitative estimate of drug-likeness (QED) is 0.870. The topological polar surface area (TPSA) is 87.9 Å². The minimum absolute atomic E-state index is 0.0162. The molecule has 1 saturated heterocycles. The van der Waals surface area contributed by atoms with E-state index in [0.29, 0.717) is 17.5 Å². The van der Waals surface area contributed by atoms with Gasteiger partial charge in [-0.25, -0.2) is 0 Å². The number of nitrogens with one attached hydrogen (secondary N) is 1. The summed E-state index contributed by atoms with van der Waals surface area (Å²) in [7, 11) is 0. The van der Waals surface area contributed by atoms with Crippen LogP contribution in [0, 0.1) is 11.3 Å². The van der Waals surface area contributed by atoms with Crippen molar-refractivity contribution in [3.8, 4) is 6.07 Å². The van der Waals surface area contributed by atoms with Crippen LogP contribution in [-0.2, 0) is 4.74 Å². The monoisotopic (exact) mass is 311 g/mol. The molecule has 3 heterocycles. The number of aromatic amines is 1. The maximum atomic E-state index is 12.8. The Hall–Kier alpha value is -2.39. The molecule has 2 aliphatic rings. The first-order valence-corrected chi connectivity index (χ1v) is 7.94. The molecule has 1 spiro atoms. The zero-order chi connectivity index (χ0) is 16.0. The highest BCUT2D eigenvalue weighted by molar-refractivity contribution is 5.78. The van der Waals surface area contributed by atoms with Gasteiger partial charge in [0.15, 0.2) is 0 Å². The minimum atomic E-state index is -0.466. The van der Waals surface area contributed by atoms with E-state index in [1.165, 1.54) is 18.9 Å². The average molecular weight is 311 g/mol. The van der Waals surface area contributed by atoms with E-state index in [4.69, 9.17) is 10.00 Å². The van der Waals surface area contributed by atoms with Crippen molar-refractivity contribution in [2.24, 2.45) is 0 Å². The van der Waals surface area contributed by atoms with E-state index in [9.17, 15) is 9.59 Å². The van der Waals surface area contributed by atoms with Crippen LogP contribution < -0.4 is 11.1 Å². The summed E-state index contributed by atoms with van der Waals surface area (Å²) in [6, 6.07) is 4.95. The highest BCUT2D eigenvalue weighted by atomic mass is 16.5. The van der Waals surface area contributed by atoms with Crippen molar-refractivity contribution in [1.82, 2.24) is 9.55 Å². The second-order valence-electron chi connectivity index (χ2n) is 6.54. The lowest BCUT2D eigenvalue weighted by Gasteiger charge is -2.21. The Kier molecular flexibility index (Phi) is 3.13. The molecule has 6 heteroatoms. The predicted octanol–water partition coefficient (Wildman–Crippen LogP) is 1.84. The third-order valence-electron chi connectivity index (χ3n) is 5.16. The number of pyridine rings is 2. The highest BCUT2D eigenvalue weighted by Gasteiger charge is 2.43. The molecule has 2 aromatic heterocycles. The summed E-state index contributed by atoms with van der Waals surface area (Å²) in [5, 5.41) is 9.36. The Bertz CT molecular complexity index is 929. The summed E-state index contributed by atoms with van der Waals surface area (Å²) in [5.74, 6) is 0. The zero-order valence-electron chi connectivity index (χ0n) is 12.7. The molecule has 1 atom stereocenters. The highest BCUT2D eigenvalue weighted by Crippen LogP contribution is 2.44. The van der Waals surface area contributed by atoms with Gasteiger partial charge in [0, 0.05) is 6.20 Å². The molecule has 2 fully saturated rings. The molecule has 23 heavy (non-hydrogen) atoms. The van der Waals surface area contributed by atoms with Gasteiger partial charge >= 0.3 is 0 Å². The molecular weight excluding hydrogens is 294 g/mol. The first kappa shape index (κ1) is 14.2. The molecule has 118 valence electrons. The zero-order valence-corrected chi connectivity index (χ0v) is 12.7. The Labute approximate surface area is 132 Å². The smallest absolute Gasteiger partial charge is 0.266 e. The SMILES string of the molecule is N#Cc1cc2c(=O)n(C3COC4(CCCC4)C3)ccc2[nH]c1=O. The number of fused-ring (bicyclic) bond motifs is 1. The van der Waals surface area contributed by atoms with Crippen LogP contribution in [-0.4, -0.2) is 21.8 Å². The largest absolute Gasteiger partial charge is 0.373 e. The van der Waals surface area contributed by atoms with Gasteiger partial charge in [0.25, 0.3) is 11.1 Å². The lowest BCUT2D eigenvalue weighted by atomic mass is 9.96. The van der Waals surface area contributed by atoms with Crippen LogP contribution in [0.3, 0.4) is 0 Å². The summed E-state index contributed by atoms with van der Waals surface area (Å²) in [4.78, 5) is 27.0. The fraction of sp³-hybridized carbons (Fsp3) is 0.471. The van der Waals surface area contributed by atoms with Crippen molar-refractivity contribution in [2.75, 3.05) is 6.61 Å². The summed E-state index contributed by atoms with van der Waals surface area (Å²) in [5.41, 5.74) is -0.279. The van der Waals surface area contributed by atoms with Crippen molar-refractivity contribution in [2.45, 2.75) is 43.7 Å². The molecule has 2 aromatic rings. The van der Waals surface area contributed by atoms with Gasteiger partial charge in [0.1, 0.15) is 11.6 Å². The Morgan fingerprint density at radius 1 is 1.35 bits per heavy atom. The van der Waals surface area contributed by atoms with Crippen molar-refractivity contribution in [3.63, 3.8) is 0 Å². The summed E-state index contributed by atoms with van der Waals surface area (Å²) >= 11 is 0. The summed E-state index contributed by atoms with van der Waals surface area (Å²) in [6.45, 7) is 0.542. The van der Waals surface area contributed by atoms with Gasteiger partial charge in [-0.2, -0.15) is 5.26 Å². The van der Waals surface area contributed by atoms with Crippen LogP contribution in [0.5, 0.6) is 0 Å². The van der Waals surface area contributed by atoms with Gasteiger partial charge in [0.2, 0.25) is 0 Å². The third kappa shape index (κ3) is 2.20. The van der Waals surface area contributed by atoms with Crippen LogP contribution in [0.4, 0.5) is 0 Å². The van der Waals surface area contributed by atoms with E-state index in [0.717, 1.165) is 19.3 Å². The van der Waals surface area contributed by atoms with Crippen LogP contribution in [0.15, 0.2) is 27.9 Å². The number of H-pyrrole nitrogens is 1. The van der Waals surface area contributed by atoms with Gasteiger partial charge < -0.3 is 14.3 Å². The van der Waals surface area contributed by atoms with E-state index >= 15 is 0 Å². The van der Waals surface area contributed by atoms with E-state index in [1.54, 1.807) is 16.8 Å². The summed E-state index contributed by atoms with van der Waals surface area (Å²) in [6.07, 6.45) is 7.08. The van der Waals surface area contributed by atoms with E-state index in [2.05, 4.69) is 4.98 Å². The molecule has 0 amide bonds. The molecule has 0 aromatic carbocycles. The van der Waals surface area contributed by atoms with Crippen molar-refractivity contribution in [3.05, 3.63) is 44.6 Å². The molecular formula is C17H17N3O3. The lowest BCUT2D eigenvalue weighted by molar-refractivity contribution is 0.00956. The van der Waals surface area contributed by atoms with Crippen LogP contribution in [0.1, 0.15) is 43.7 Å². The van der Waals surface area contributed by atoms with Crippen LogP contribution >= 0.6 is 0 Å². The van der Waals surface area contributed by atoms with Crippen LogP contribution in [0.2, 0.25) is 0 Å². The molecule has 1 saturated carbocycles. The molecule has 6 nitrogen and oxygen atoms in total. The van der Waals surface area contributed by atoms with Gasteiger partial charge in [-0.3, -0.25) is 9.59 Å². The van der Waals surface area contributed by atoms with Crippen molar-refractivity contribution in [1.29, 1.82) is 5.26 Å². The number of aromatic nitrogens is 2. The summed E-state index contributed by atoms with van der Waals surface area (Å²) < 4.78 is 7.72. The molecule has 4 rings (SSSR count). The minimum Gasteiger partial charge on any atom is -0.373 e. The Morgan fingerprint density at radius 2 is 2.13 bits per heavy atom.